The van der Waals surface area contributed by atoms with Crippen molar-refractivity contribution in [3.8, 4) is 0 Å². The summed E-state index contributed by atoms with van der Waals surface area (Å²) in [5.41, 5.74) is 4.59. The zero-order chi connectivity index (χ0) is 21.2. The number of aryl methyl sites for hydroxylation is 1. The molecule has 4 aromatic heterocycles. The Balaban J connectivity index is 1.43. The summed E-state index contributed by atoms with van der Waals surface area (Å²) in [5.74, 6) is -4.44. The van der Waals surface area contributed by atoms with Crippen LogP contribution in [0, 0.1) is 12.8 Å². The van der Waals surface area contributed by atoms with Crippen molar-refractivity contribution in [1.82, 2.24) is 29.8 Å². The summed E-state index contributed by atoms with van der Waals surface area (Å²) >= 11 is 0. The Labute approximate surface area is 176 Å². The van der Waals surface area contributed by atoms with Crippen molar-refractivity contribution in [3.05, 3.63) is 59.3 Å². The molecule has 8 nitrogen and oxygen atoms in total. The molecule has 1 N–H and O–H groups in total. The van der Waals surface area contributed by atoms with E-state index in [-0.39, 0.29) is 6.01 Å². The van der Waals surface area contributed by atoms with E-state index in [0.717, 1.165) is 34.6 Å². The lowest BCUT2D eigenvalue weighted by molar-refractivity contribution is -0.114. The summed E-state index contributed by atoms with van der Waals surface area (Å²) in [5, 5.41) is 12.5. The van der Waals surface area contributed by atoms with E-state index in [1.807, 2.05) is 40.7 Å². The summed E-state index contributed by atoms with van der Waals surface area (Å²) in [7, 11) is 0. The second-order valence-corrected chi connectivity index (χ2v) is 8.34. The van der Waals surface area contributed by atoms with E-state index < -0.39 is 23.8 Å². The lowest BCUT2D eigenvalue weighted by atomic mass is 9.80. The number of anilines is 1. The topological polar surface area (TPSA) is 88.1 Å². The van der Waals surface area contributed by atoms with E-state index >= 15 is 0 Å². The smallest absolute Gasteiger partial charge is 0.326 e. The Morgan fingerprint density at radius 1 is 1.26 bits per heavy atom. The number of halogens is 2. The molecule has 0 bridgehead atoms. The molecule has 6 rings (SSSR count). The predicted octanol–water partition coefficient (Wildman–Crippen LogP) is 3.79. The van der Waals surface area contributed by atoms with Crippen LogP contribution in [0.4, 0.5) is 14.8 Å². The van der Waals surface area contributed by atoms with E-state index in [0.29, 0.717) is 25.8 Å². The molecule has 1 atom stereocenters. The van der Waals surface area contributed by atoms with E-state index in [1.165, 1.54) is 0 Å². The first-order valence-corrected chi connectivity index (χ1v) is 10.5. The Bertz CT molecular complexity index is 1260. The molecule has 1 aliphatic carbocycles. The molecule has 31 heavy (non-hydrogen) atoms. The number of nitrogens with zero attached hydrogens (tertiary/aromatic N) is 6. The Morgan fingerprint density at radius 3 is 2.90 bits per heavy atom. The number of alkyl halides is 2. The van der Waals surface area contributed by atoms with Gasteiger partial charge in [0, 0.05) is 30.8 Å². The van der Waals surface area contributed by atoms with Gasteiger partial charge in [0.25, 0.3) is 5.89 Å². The van der Waals surface area contributed by atoms with Gasteiger partial charge in [0.1, 0.15) is 6.04 Å². The van der Waals surface area contributed by atoms with Gasteiger partial charge in [-0.25, -0.2) is 9.50 Å². The van der Waals surface area contributed by atoms with E-state index in [2.05, 4.69) is 20.2 Å². The molecule has 0 spiro atoms. The van der Waals surface area contributed by atoms with Crippen LogP contribution in [0.1, 0.15) is 53.8 Å². The van der Waals surface area contributed by atoms with E-state index in [1.54, 1.807) is 6.33 Å². The average molecular weight is 425 g/mol. The largest absolute Gasteiger partial charge is 0.401 e. The maximum Gasteiger partial charge on any atom is 0.326 e. The molecule has 0 amide bonds. The van der Waals surface area contributed by atoms with Crippen LogP contribution in [0.2, 0.25) is 0 Å². The van der Waals surface area contributed by atoms with Crippen molar-refractivity contribution in [3.63, 3.8) is 0 Å². The number of hydrogen-bond donors (Lipinski definition) is 1. The zero-order valence-corrected chi connectivity index (χ0v) is 16.9. The first-order chi connectivity index (χ1) is 15.0. The minimum absolute atomic E-state index is 0.0708. The number of nitrogens with one attached hydrogen (secondary N) is 1. The number of aromatic nitrogens is 6. The molecule has 1 saturated carbocycles. The molecular formula is C21H21F2N7O. The third-order valence-corrected chi connectivity index (χ3v) is 6.50. The highest BCUT2D eigenvalue weighted by Gasteiger charge is 2.49. The molecule has 10 heteroatoms. The molecule has 0 aromatic carbocycles. The van der Waals surface area contributed by atoms with Gasteiger partial charge in [-0.1, -0.05) is 17.6 Å². The molecule has 160 valence electrons. The Kier molecular flexibility index (Phi) is 3.93. The lowest BCUT2D eigenvalue weighted by Gasteiger charge is -2.32. The first kappa shape index (κ1) is 18.5. The number of hydrogen-bond acceptors (Lipinski definition) is 6. The highest BCUT2D eigenvalue weighted by molar-refractivity contribution is 5.57. The highest BCUT2D eigenvalue weighted by Crippen LogP contribution is 2.47. The third kappa shape index (κ3) is 2.77. The third-order valence-electron chi connectivity index (χ3n) is 6.50. The highest BCUT2D eigenvalue weighted by atomic mass is 19.3. The maximum atomic E-state index is 14.7. The molecule has 0 saturated heterocycles. The second kappa shape index (κ2) is 6.60. The lowest BCUT2D eigenvalue weighted by Crippen LogP contribution is -2.37. The van der Waals surface area contributed by atoms with Crippen LogP contribution >= 0.6 is 0 Å². The van der Waals surface area contributed by atoms with Crippen molar-refractivity contribution in [2.45, 2.75) is 44.6 Å². The van der Waals surface area contributed by atoms with Crippen LogP contribution in [0.25, 0.3) is 5.52 Å². The monoisotopic (exact) mass is 425 g/mol. The van der Waals surface area contributed by atoms with Gasteiger partial charge in [0.2, 0.25) is 0 Å². The number of fused-ring (bicyclic) bond motifs is 2. The van der Waals surface area contributed by atoms with Crippen LogP contribution in [-0.2, 0) is 12.3 Å². The van der Waals surface area contributed by atoms with Crippen LogP contribution in [0.15, 0.2) is 35.1 Å². The van der Waals surface area contributed by atoms with Crippen LogP contribution in [0.3, 0.4) is 0 Å². The van der Waals surface area contributed by atoms with Crippen molar-refractivity contribution in [2.24, 2.45) is 5.92 Å². The Morgan fingerprint density at radius 2 is 2.13 bits per heavy atom. The van der Waals surface area contributed by atoms with Gasteiger partial charge in [-0.3, -0.25) is 0 Å². The SMILES string of the molecule is Cc1cccn2nc([C@H]3c4nc[nH]c4CCN3c3nnc(C(F)(F)C4CCC4)o3)cc12. The zero-order valence-electron chi connectivity index (χ0n) is 16.9. The molecule has 4 aromatic rings. The standard InChI is InChI=1S/C21H21F2N7O/c1-12-4-3-8-30-16(12)10-15(28-30)18-17-14(24-11-25-17)7-9-29(18)20-27-26-19(31-20)21(22,23)13-5-2-6-13/h3-4,8,10-11,13,18H,2,5-7,9H2,1H3,(H,24,25)/t18-/m0/s1. The fourth-order valence-electron chi connectivity index (χ4n) is 4.50. The van der Waals surface area contributed by atoms with Crippen molar-refractivity contribution in [2.75, 3.05) is 11.4 Å². The van der Waals surface area contributed by atoms with Crippen LogP contribution in [0.5, 0.6) is 0 Å². The van der Waals surface area contributed by atoms with Gasteiger partial charge in [-0.05, 0) is 37.5 Å². The number of imidazole rings is 1. The maximum absolute atomic E-state index is 14.7. The fourth-order valence-corrected chi connectivity index (χ4v) is 4.50. The minimum Gasteiger partial charge on any atom is -0.401 e. The predicted molar refractivity (Wildman–Crippen MR) is 107 cm³/mol. The average Bonchev–Trinajstić information content (AvgIpc) is 3.44. The quantitative estimate of drug-likeness (QED) is 0.535. The normalized spacial score (nSPS) is 19.6. The van der Waals surface area contributed by atoms with Gasteiger partial charge in [0.05, 0.1) is 23.2 Å². The van der Waals surface area contributed by atoms with Crippen LogP contribution < -0.4 is 4.90 Å². The molecule has 1 fully saturated rings. The summed E-state index contributed by atoms with van der Waals surface area (Å²) in [6, 6.07) is 5.61. The Hall–Kier alpha value is -3.30. The molecule has 5 heterocycles. The van der Waals surface area contributed by atoms with Crippen LogP contribution in [-0.4, -0.2) is 36.3 Å². The van der Waals surface area contributed by atoms with E-state index in [9.17, 15) is 8.78 Å². The summed E-state index contributed by atoms with van der Waals surface area (Å²) in [6.07, 6.45) is 5.96. The summed E-state index contributed by atoms with van der Waals surface area (Å²) < 4.78 is 36.8. The number of pyridine rings is 1. The molecule has 0 radical (unpaired) electrons. The van der Waals surface area contributed by atoms with Gasteiger partial charge in [-0.15, -0.1) is 5.10 Å². The van der Waals surface area contributed by atoms with Crippen molar-refractivity contribution >= 4 is 11.5 Å². The molecule has 1 aliphatic heterocycles. The fraction of sp³-hybridized carbons (Fsp3) is 0.429. The first-order valence-electron chi connectivity index (χ1n) is 10.5. The van der Waals surface area contributed by atoms with Gasteiger partial charge >= 0.3 is 11.9 Å². The van der Waals surface area contributed by atoms with E-state index in [4.69, 9.17) is 9.52 Å². The van der Waals surface area contributed by atoms with Crippen molar-refractivity contribution in [1.29, 1.82) is 0 Å². The van der Waals surface area contributed by atoms with Crippen molar-refractivity contribution < 1.29 is 13.2 Å². The summed E-state index contributed by atoms with van der Waals surface area (Å²) in [6.45, 7) is 2.54. The van der Waals surface area contributed by atoms with Gasteiger partial charge in [-0.2, -0.15) is 13.9 Å². The number of rotatable bonds is 4. The van der Waals surface area contributed by atoms with Gasteiger partial charge in [0.15, 0.2) is 0 Å². The molecular weight excluding hydrogens is 404 g/mol. The second-order valence-electron chi connectivity index (χ2n) is 8.34. The minimum atomic E-state index is -3.10. The molecule has 2 aliphatic rings. The summed E-state index contributed by atoms with van der Waals surface area (Å²) in [4.78, 5) is 9.51. The molecule has 0 unspecified atom stereocenters. The number of aromatic amines is 1. The van der Waals surface area contributed by atoms with Gasteiger partial charge < -0.3 is 14.3 Å². The number of H-pyrrole nitrogens is 1.